The van der Waals surface area contributed by atoms with Crippen molar-refractivity contribution in [3.05, 3.63) is 59.8 Å². The molecule has 2 atom stereocenters. The molecule has 1 aliphatic heterocycles. The van der Waals surface area contributed by atoms with Gasteiger partial charge in [-0.2, -0.15) is 0 Å². The fourth-order valence-electron chi connectivity index (χ4n) is 3.05. The van der Waals surface area contributed by atoms with Gasteiger partial charge in [-0.3, -0.25) is 4.90 Å². The van der Waals surface area contributed by atoms with Crippen molar-refractivity contribution < 1.29 is 5.11 Å². The average Bonchev–Trinajstić information content (AvgIpc) is 2.86. The van der Waals surface area contributed by atoms with Crippen molar-refractivity contribution in [3.8, 4) is 0 Å². The van der Waals surface area contributed by atoms with Crippen LogP contribution in [0.25, 0.3) is 0 Å². The molecule has 4 heteroatoms. The number of aliphatic hydroxyl groups is 1. The van der Waals surface area contributed by atoms with E-state index >= 15 is 0 Å². The number of benzene rings is 1. The van der Waals surface area contributed by atoms with Gasteiger partial charge in [0.1, 0.15) is 5.82 Å². The third-order valence-corrected chi connectivity index (χ3v) is 4.14. The smallest absolute Gasteiger partial charge is 0.126 e. The van der Waals surface area contributed by atoms with Crippen molar-refractivity contribution in [2.24, 2.45) is 0 Å². The lowest BCUT2D eigenvalue weighted by Gasteiger charge is -2.24. The second-order valence-electron chi connectivity index (χ2n) is 6.00. The summed E-state index contributed by atoms with van der Waals surface area (Å²) in [5, 5.41) is 13.4. The van der Waals surface area contributed by atoms with Crippen molar-refractivity contribution >= 4 is 5.82 Å². The third-order valence-electron chi connectivity index (χ3n) is 4.14. The number of nitrogens with zero attached hydrogens (tertiary/aromatic N) is 2. The Hall–Kier alpha value is -1.91. The van der Waals surface area contributed by atoms with Gasteiger partial charge in [0.15, 0.2) is 0 Å². The minimum absolute atomic E-state index is 0.235. The van der Waals surface area contributed by atoms with Gasteiger partial charge in [0, 0.05) is 31.4 Å². The van der Waals surface area contributed by atoms with E-state index in [4.69, 9.17) is 0 Å². The predicted octanol–water partition coefficient (Wildman–Crippen LogP) is 2.44. The maximum Gasteiger partial charge on any atom is 0.126 e. The van der Waals surface area contributed by atoms with Crippen molar-refractivity contribution in [2.75, 3.05) is 18.4 Å². The van der Waals surface area contributed by atoms with E-state index in [1.165, 1.54) is 5.56 Å². The Morgan fingerprint density at radius 1 is 1.18 bits per heavy atom. The fourth-order valence-corrected chi connectivity index (χ4v) is 3.05. The van der Waals surface area contributed by atoms with Crippen LogP contribution in [0.5, 0.6) is 0 Å². The van der Waals surface area contributed by atoms with Crippen LogP contribution in [0.2, 0.25) is 0 Å². The van der Waals surface area contributed by atoms with Gasteiger partial charge in [-0.1, -0.05) is 36.4 Å². The van der Waals surface area contributed by atoms with Crippen LogP contribution in [-0.4, -0.2) is 40.2 Å². The number of rotatable bonds is 5. The van der Waals surface area contributed by atoms with E-state index in [9.17, 15) is 5.11 Å². The quantitative estimate of drug-likeness (QED) is 0.890. The Morgan fingerprint density at radius 3 is 2.77 bits per heavy atom. The molecule has 2 aromatic rings. The van der Waals surface area contributed by atoms with Gasteiger partial charge < -0.3 is 10.4 Å². The molecular formula is C18H23N3O. The maximum atomic E-state index is 10.0. The molecule has 2 N–H and O–H groups in total. The Labute approximate surface area is 131 Å². The molecule has 1 saturated heterocycles. The average molecular weight is 297 g/mol. The molecule has 4 nitrogen and oxygen atoms in total. The number of hydrogen-bond donors (Lipinski definition) is 2. The van der Waals surface area contributed by atoms with Crippen LogP contribution < -0.4 is 5.32 Å². The molecule has 0 spiro atoms. The summed E-state index contributed by atoms with van der Waals surface area (Å²) in [6.45, 7) is 4.42. The lowest BCUT2D eigenvalue weighted by Crippen LogP contribution is -2.34. The van der Waals surface area contributed by atoms with Crippen LogP contribution in [0.3, 0.4) is 0 Å². The topological polar surface area (TPSA) is 48.4 Å². The Kier molecular flexibility index (Phi) is 4.71. The summed E-state index contributed by atoms with van der Waals surface area (Å²) in [7, 11) is 0. The largest absolute Gasteiger partial charge is 0.392 e. The van der Waals surface area contributed by atoms with E-state index in [0.717, 1.165) is 37.6 Å². The molecule has 0 saturated carbocycles. The normalized spacial score (nSPS) is 21.9. The van der Waals surface area contributed by atoms with Gasteiger partial charge in [-0.15, -0.1) is 0 Å². The molecule has 1 fully saturated rings. The standard InChI is InChI=1S/C18H23N3O/c1-14-6-5-9-18(20-14)19-11-16-10-17(22)13-21(16)12-15-7-3-2-4-8-15/h2-9,16-17,22H,10-13H2,1H3,(H,19,20)/t16-,17-/m1/s1. The number of aliphatic hydroxyl groups excluding tert-OH is 1. The van der Waals surface area contributed by atoms with Crippen LogP contribution >= 0.6 is 0 Å². The van der Waals surface area contributed by atoms with Gasteiger partial charge in [0.25, 0.3) is 0 Å². The zero-order valence-corrected chi connectivity index (χ0v) is 12.9. The van der Waals surface area contributed by atoms with E-state index < -0.39 is 0 Å². The number of likely N-dealkylation sites (tertiary alicyclic amines) is 1. The molecule has 0 aliphatic carbocycles. The van der Waals surface area contributed by atoms with Crippen LogP contribution in [0, 0.1) is 6.92 Å². The van der Waals surface area contributed by atoms with Gasteiger partial charge >= 0.3 is 0 Å². The highest BCUT2D eigenvalue weighted by Crippen LogP contribution is 2.21. The van der Waals surface area contributed by atoms with Crippen molar-refractivity contribution in [1.82, 2.24) is 9.88 Å². The highest BCUT2D eigenvalue weighted by molar-refractivity contribution is 5.35. The molecule has 22 heavy (non-hydrogen) atoms. The lowest BCUT2D eigenvalue weighted by atomic mass is 10.1. The molecule has 2 heterocycles. The van der Waals surface area contributed by atoms with Gasteiger partial charge in [-0.25, -0.2) is 4.98 Å². The predicted molar refractivity (Wildman–Crippen MR) is 88.7 cm³/mol. The van der Waals surface area contributed by atoms with Gasteiger partial charge in [-0.05, 0) is 31.0 Å². The van der Waals surface area contributed by atoms with E-state index in [1.807, 2.05) is 31.2 Å². The van der Waals surface area contributed by atoms with Crippen LogP contribution in [0.1, 0.15) is 17.7 Å². The molecule has 3 rings (SSSR count). The molecule has 1 aromatic carbocycles. The first-order valence-corrected chi connectivity index (χ1v) is 7.84. The number of aryl methyl sites for hydroxylation is 1. The highest BCUT2D eigenvalue weighted by Gasteiger charge is 2.30. The minimum Gasteiger partial charge on any atom is -0.392 e. The summed E-state index contributed by atoms with van der Waals surface area (Å²) in [4.78, 5) is 6.82. The molecule has 0 amide bonds. The van der Waals surface area contributed by atoms with E-state index in [0.29, 0.717) is 6.04 Å². The summed E-state index contributed by atoms with van der Waals surface area (Å²) in [6.07, 6.45) is 0.576. The Bertz CT molecular complexity index is 602. The van der Waals surface area contributed by atoms with E-state index in [-0.39, 0.29) is 6.10 Å². The van der Waals surface area contributed by atoms with Crippen LogP contribution in [0.4, 0.5) is 5.82 Å². The number of β-amino-alcohol motifs (C(OH)–C–C–N with tert-alkyl or cyclic N) is 1. The molecule has 1 aromatic heterocycles. The number of anilines is 1. The van der Waals surface area contributed by atoms with E-state index in [2.05, 4.69) is 39.5 Å². The number of hydrogen-bond acceptors (Lipinski definition) is 4. The maximum absolute atomic E-state index is 10.0. The summed E-state index contributed by atoms with van der Waals surface area (Å²) < 4.78 is 0. The Balaban J connectivity index is 1.61. The minimum atomic E-state index is -0.235. The van der Waals surface area contributed by atoms with Crippen LogP contribution in [-0.2, 0) is 6.54 Å². The molecule has 0 unspecified atom stereocenters. The van der Waals surface area contributed by atoms with Gasteiger partial charge in [0.2, 0.25) is 0 Å². The first kappa shape index (κ1) is 15.0. The summed E-state index contributed by atoms with van der Waals surface area (Å²) in [6, 6.07) is 16.7. The SMILES string of the molecule is Cc1cccc(NC[C@H]2C[C@@H](O)CN2Cc2ccccc2)n1. The highest BCUT2D eigenvalue weighted by atomic mass is 16.3. The van der Waals surface area contributed by atoms with Crippen molar-refractivity contribution in [2.45, 2.75) is 32.0 Å². The molecule has 0 radical (unpaired) electrons. The summed E-state index contributed by atoms with van der Waals surface area (Å²) in [5.41, 5.74) is 2.30. The van der Waals surface area contributed by atoms with Crippen molar-refractivity contribution in [1.29, 1.82) is 0 Å². The van der Waals surface area contributed by atoms with Crippen molar-refractivity contribution in [3.63, 3.8) is 0 Å². The third kappa shape index (κ3) is 3.84. The second-order valence-corrected chi connectivity index (χ2v) is 6.00. The molecule has 116 valence electrons. The zero-order chi connectivity index (χ0) is 15.4. The molecule has 1 aliphatic rings. The summed E-state index contributed by atoms with van der Waals surface area (Å²) >= 11 is 0. The van der Waals surface area contributed by atoms with Crippen LogP contribution in [0.15, 0.2) is 48.5 Å². The molecule has 0 bridgehead atoms. The first-order valence-electron chi connectivity index (χ1n) is 7.84. The number of aromatic nitrogens is 1. The lowest BCUT2D eigenvalue weighted by molar-refractivity contribution is 0.173. The second kappa shape index (κ2) is 6.90. The summed E-state index contributed by atoms with van der Waals surface area (Å²) in [5.74, 6) is 0.904. The Morgan fingerprint density at radius 2 is 2.00 bits per heavy atom. The van der Waals surface area contributed by atoms with E-state index in [1.54, 1.807) is 0 Å². The zero-order valence-electron chi connectivity index (χ0n) is 12.9. The number of nitrogens with one attached hydrogen (secondary N) is 1. The fraction of sp³-hybridized carbons (Fsp3) is 0.389. The monoisotopic (exact) mass is 297 g/mol. The van der Waals surface area contributed by atoms with Gasteiger partial charge in [0.05, 0.1) is 6.10 Å². The molecular weight excluding hydrogens is 274 g/mol. The number of pyridine rings is 1. The first-order chi connectivity index (χ1) is 10.7.